The van der Waals surface area contributed by atoms with Gasteiger partial charge in [-0.05, 0) is 24.6 Å². The third-order valence-electron chi connectivity index (χ3n) is 3.04. The second-order valence-electron chi connectivity index (χ2n) is 4.43. The Morgan fingerprint density at radius 2 is 1.89 bits per heavy atom. The number of carbonyl (C=O) groups excluding carboxylic acids is 1. The minimum Gasteiger partial charge on any atom is -0.338 e. The summed E-state index contributed by atoms with van der Waals surface area (Å²) in [5.41, 5.74) is 4.35. The fraction of sp³-hybridized carbons (Fsp3) is 0.188. The van der Waals surface area contributed by atoms with Crippen LogP contribution in [0.4, 0.5) is 0 Å². The number of aryl methyl sites for hydroxylation is 1. The molecule has 2 aromatic rings. The lowest BCUT2D eigenvalue weighted by molar-refractivity contribution is 0.111. The van der Waals surface area contributed by atoms with Gasteiger partial charge in [0.2, 0.25) is 0 Å². The van der Waals surface area contributed by atoms with Crippen LogP contribution in [0.15, 0.2) is 49.1 Å². The molecule has 0 aliphatic heterocycles. The van der Waals surface area contributed by atoms with E-state index in [-0.39, 0.29) is 0 Å². The number of hydrogen-bond donors (Lipinski definition) is 0. The number of aldehydes is 1. The highest BCUT2D eigenvalue weighted by Crippen LogP contribution is 2.14. The van der Waals surface area contributed by atoms with E-state index in [0.29, 0.717) is 12.2 Å². The lowest BCUT2D eigenvalue weighted by atomic mass is 10.1. The lowest BCUT2D eigenvalue weighted by Gasteiger charge is -2.09. The molecule has 0 fully saturated rings. The van der Waals surface area contributed by atoms with Gasteiger partial charge in [0.1, 0.15) is 0 Å². The molecule has 0 aliphatic carbocycles. The van der Waals surface area contributed by atoms with Gasteiger partial charge in [0.25, 0.3) is 0 Å². The van der Waals surface area contributed by atoms with Crippen LogP contribution in [0.2, 0.25) is 0 Å². The molecule has 18 heavy (non-hydrogen) atoms. The third-order valence-corrected chi connectivity index (χ3v) is 3.04. The molecule has 1 heterocycles. The zero-order chi connectivity index (χ0) is 13.0. The number of nitrogens with zero attached hydrogens (tertiary/aromatic N) is 1. The standard InChI is InChI=1S/C16H17NO/c1-3-10-17-15(8-9-16(17)12-18)11-14-6-4-13(2)5-7-14/h3-9,12H,1,10-11H2,2H3. The van der Waals surface area contributed by atoms with Gasteiger partial charge in [-0.2, -0.15) is 0 Å². The number of hydrogen-bond acceptors (Lipinski definition) is 1. The molecule has 0 radical (unpaired) electrons. The van der Waals surface area contributed by atoms with Crippen LogP contribution in [-0.4, -0.2) is 10.9 Å². The van der Waals surface area contributed by atoms with Crippen molar-refractivity contribution in [3.05, 3.63) is 71.6 Å². The normalized spacial score (nSPS) is 10.3. The van der Waals surface area contributed by atoms with E-state index in [1.165, 1.54) is 11.1 Å². The summed E-state index contributed by atoms with van der Waals surface area (Å²) in [6, 6.07) is 12.3. The molecule has 2 nitrogen and oxygen atoms in total. The Kier molecular flexibility index (Phi) is 3.78. The minimum absolute atomic E-state index is 0.669. The van der Waals surface area contributed by atoms with Gasteiger partial charge >= 0.3 is 0 Å². The van der Waals surface area contributed by atoms with E-state index in [9.17, 15) is 4.79 Å². The molecule has 0 saturated heterocycles. The summed E-state index contributed by atoms with van der Waals surface area (Å²) in [6.45, 7) is 6.48. The third kappa shape index (κ3) is 2.59. The zero-order valence-corrected chi connectivity index (χ0v) is 10.6. The first kappa shape index (κ1) is 12.4. The maximum atomic E-state index is 11.0. The molecule has 0 unspecified atom stereocenters. The van der Waals surface area contributed by atoms with E-state index in [4.69, 9.17) is 0 Å². The molecule has 1 aromatic carbocycles. The zero-order valence-electron chi connectivity index (χ0n) is 10.6. The maximum Gasteiger partial charge on any atom is 0.166 e. The van der Waals surface area contributed by atoms with Crippen LogP contribution in [0.1, 0.15) is 27.3 Å². The first-order valence-corrected chi connectivity index (χ1v) is 6.04. The fourth-order valence-corrected chi connectivity index (χ4v) is 2.05. The van der Waals surface area contributed by atoms with E-state index < -0.39 is 0 Å². The largest absolute Gasteiger partial charge is 0.338 e. The lowest BCUT2D eigenvalue weighted by Crippen LogP contribution is -2.05. The minimum atomic E-state index is 0.669. The molecule has 0 aliphatic rings. The molecule has 2 heteroatoms. The summed E-state index contributed by atoms with van der Waals surface area (Å²) < 4.78 is 2.00. The summed E-state index contributed by atoms with van der Waals surface area (Å²) >= 11 is 0. The van der Waals surface area contributed by atoms with E-state index in [1.807, 2.05) is 22.8 Å². The van der Waals surface area contributed by atoms with Gasteiger partial charge in [-0.15, -0.1) is 6.58 Å². The maximum absolute atomic E-state index is 11.0. The van der Waals surface area contributed by atoms with Crippen molar-refractivity contribution in [3.63, 3.8) is 0 Å². The van der Waals surface area contributed by atoms with Gasteiger partial charge in [-0.25, -0.2) is 0 Å². The van der Waals surface area contributed by atoms with Gasteiger partial charge in [0.15, 0.2) is 6.29 Å². The number of carbonyl (C=O) groups is 1. The van der Waals surface area contributed by atoms with Gasteiger partial charge < -0.3 is 4.57 Å². The highest BCUT2D eigenvalue weighted by Gasteiger charge is 2.06. The summed E-state index contributed by atoms with van der Waals surface area (Å²) in [7, 11) is 0. The van der Waals surface area contributed by atoms with Crippen molar-refractivity contribution in [2.45, 2.75) is 19.9 Å². The summed E-state index contributed by atoms with van der Waals surface area (Å²) in [6.07, 6.45) is 3.54. The van der Waals surface area contributed by atoms with E-state index in [2.05, 4.69) is 37.8 Å². The average Bonchev–Trinajstić information content (AvgIpc) is 2.75. The Hall–Kier alpha value is -2.09. The van der Waals surface area contributed by atoms with Crippen molar-refractivity contribution in [3.8, 4) is 0 Å². The first-order chi connectivity index (χ1) is 8.74. The first-order valence-electron chi connectivity index (χ1n) is 6.04. The summed E-state index contributed by atoms with van der Waals surface area (Å²) in [4.78, 5) is 11.0. The number of benzene rings is 1. The molecule has 2 rings (SSSR count). The molecule has 92 valence electrons. The summed E-state index contributed by atoms with van der Waals surface area (Å²) in [5.74, 6) is 0. The Labute approximate surface area is 108 Å². The molecule has 1 aromatic heterocycles. The SMILES string of the molecule is C=CCn1c(C=O)ccc1Cc1ccc(C)cc1. The predicted octanol–water partition coefficient (Wildman–Crippen LogP) is 3.39. The van der Waals surface area contributed by atoms with Gasteiger partial charge in [0.05, 0.1) is 5.69 Å². The number of allylic oxidation sites excluding steroid dienone is 1. The van der Waals surface area contributed by atoms with Crippen molar-refractivity contribution in [2.75, 3.05) is 0 Å². The monoisotopic (exact) mass is 239 g/mol. The molecule has 0 spiro atoms. The smallest absolute Gasteiger partial charge is 0.166 e. The van der Waals surface area contributed by atoms with E-state index in [1.54, 1.807) is 0 Å². The quantitative estimate of drug-likeness (QED) is 0.579. The fourth-order valence-electron chi connectivity index (χ4n) is 2.05. The Bertz CT molecular complexity index is 549. The molecular weight excluding hydrogens is 222 g/mol. The molecule has 0 atom stereocenters. The predicted molar refractivity (Wildman–Crippen MR) is 74.0 cm³/mol. The van der Waals surface area contributed by atoms with Gasteiger partial charge in [-0.3, -0.25) is 4.79 Å². The molecule has 0 N–H and O–H groups in total. The average molecular weight is 239 g/mol. The van der Waals surface area contributed by atoms with Crippen LogP contribution in [-0.2, 0) is 13.0 Å². The van der Waals surface area contributed by atoms with Crippen molar-refractivity contribution >= 4 is 6.29 Å². The van der Waals surface area contributed by atoms with Crippen molar-refractivity contribution < 1.29 is 4.79 Å². The molecule has 0 bridgehead atoms. The van der Waals surface area contributed by atoms with E-state index >= 15 is 0 Å². The van der Waals surface area contributed by atoms with Gasteiger partial charge in [-0.1, -0.05) is 35.9 Å². The summed E-state index contributed by atoms with van der Waals surface area (Å²) in [5, 5.41) is 0. The van der Waals surface area contributed by atoms with Crippen LogP contribution in [0.3, 0.4) is 0 Å². The van der Waals surface area contributed by atoms with Gasteiger partial charge in [0, 0.05) is 18.7 Å². The van der Waals surface area contributed by atoms with Crippen LogP contribution in [0.25, 0.3) is 0 Å². The topological polar surface area (TPSA) is 22.0 Å². The number of aromatic nitrogens is 1. The second-order valence-corrected chi connectivity index (χ2v) is 4.43. The van der Waals surface area contributed by atoms with Crippen LogP contribution in [0, 0.1) is 6.92 Å². The Morgan fingerprint density at radius 3 is 2.50 bits per heavy atom. The van der Waals surface area contributed by atoms with Crippen molar-refractivity contribution in [1.82, 2.24) is 4.57 Å². The Morgan fingerprint density at radius 1 is 1.17 bits per heavy atom. The van der Waals surface area contributed by atoms with Crippen molar-refractivity contribution in [1.29, 1.82) is 0 Å². The molecule has 0 amide bonds. The highest BCUT2D eigenvalue weighted by molar-refractivity contribution is 5.72. The Balaban J connectivity index is 2.28. The number of rotatable bonds is 5. The second kappa shape index (κ2) is 5.50. The molecular formula is C16H17NO. The van der Waals surface area contributed by atoms with Crippen LogP contribution in [0.5, 0.6) is 0 Å². The van der Waals surface area contributed by atoms with E-state index in [0.717, 1.165) is 18.4 Å². The van der Waals surface area contributed by atoms with Crippen LogP contribution >= 0.6 is 0 Å². The highest BCUT2D eigenvalue weighted by atomic mass is 16.1. The van der Waals surface area contributed by atoms with Crippen molar-refractivity contribution in [2.24, 2.45) is 0 Å². The molecule has 0 saturated carbocycles. The van der Waals surface area contributed by atoms with Crippen LogP contribution < -0.4 is 0 Å².